The molecule has 3 nitrogen and oxygen atoms in total. The molecule has 0 aromatic heterocycles. The van der Waals surface area contributed by atoms with Crippen molar-refractivity contribution in [3.05, 3.63) is 0 Å². The van der Waals surface area contributed by atoms with Gasteiger partial charge >= 0.3 is 0 Å². The van der Waals surface area contributed by atoms with Gasteiger partial charge in [-0.05, 0) is 45.1 Å². The number of likely N-dealkylation sites (tertiary alicyclic amines) is 1. The first-order chi connectivity index (χ1) is 8.67. The minimum atomic E-state index is 0.325. The van der Waals surface area contributed by atoms with Crippen molar-refractivity contribution in [1.29, 1.82) is 0 Å². The first kappa shape index (κ1) is 12.9. The van der Waals surface area contributed by atoms with Gasteiger partial charge in [0.1, 0.15) is 0 Å². The maximum absolute atomic E-state index is 6.22. The van der Waals surface area contributed by atoms with Crippen molar-refractivity contribution in [3.8, 4) is 0 Å². The SMILES string of the molecule is CC1CCCC1(CN)N1CCC2CCC(C1)N2C. The van der Waals surface area contributed by atoms with Gasteiger partial charge < -0.3 is 5.73 Å². The summed E-state index contributed by atoms with van der Waals surface area (Å²) >= 11 is 0. The van der Waals surface area contributed by atoms with Crippen molar-refractivity contribution in [1.82, 2.24) is 9.80 Å². The molecule has 3 fully saturated rings. The minimum absolute atomic E-state index is 0.325. The zero-order chi connectivity index (χ0) is 12.8. The predicted octanol–water partition coefficient (Wildman–Crippen LogP) is 1.67. The molecule has 0 aromatic rings. The van der Waals surface area contributed by atoms with Crippen molar-refractivity contribution in [2.24, 2.45) is 11.7 Å². The highest BCUT2D eigenvalue weighted by Gasteiger charge is 2.47. The highest BCUT2D eigenvalue weighted by molar-refractivity contribution is 5.03. The van der Waals surface area contributed by atoms with Crippen LogP contribution in [0.5, 0.6) is 0 Å². The minimum Gasteiger partial charge on any atom is -0.329 e. The largest absolute Gasteiger partial charge is 0.329 e. The van der Waals surface area contributed by atoms with Crippen LogP contribution in [0.1, 0.15) is 45.4 Å². The third-order valence-electron chi connectivity index (χ3n) is 6.30. The molecule has 4 unspecified atom stereocenters. The highest BCUT2D eigenvalue weighted by Crippen LogP contribution is 2.42. The zero-order valence-corrected chi connectivity index (χ0v) is 12.1. The summed E-state index contributed by atoms with van der Waals surface area (Å²) in [5.41, 5.74) is 6.54. The van der Waals surface area contributed by atoms with Crippen molar-refractivity contribution < 1.29 is 0 Å². The van der Waals surface area contributed by atoms with Crippen LogP contribution in [0.4, 0.5) is 0 Å². The Balaban J connectivity index is 1.80. The monoisotopic (exact) mass is 251 g/mol. The molecular weight excluding hydrogens is 222 g/mol. The Kier molecular flexibility index (Phi) is 3.41. The number of fused-ring (bicyclic) bond motifs is 2. The topological polar surface area (TPSA) is 32.5 Å². The number of hydrogen-bond acceptors (Lipinski definition) is 3. The third kappa shape index (κ3) is 1.83. The normalized spacial score (nSPS) is 46.5. The quantitative estimate of drug-likeness (QED) is 0.810. The van der Waals surface area contributed by atoms with E-state index in [4.69, 9.17) is 5.73 Å². The lowest BCUT2D eigenvalue weighted by molar-refractivity contribution is 0.0550. The Bertz CT molecular complexity index is 306. The van der Waals surface area contributed by atoms with Gasteiger partial charge in [-0.15, -0.1) is 0 Å². The molecule has 104 valence electrons. The summed E-state index contributed by atoms with van der Waals surface area (Å²) in [6.07, 6.45) is 8.23. The molecule has 2 heterocycles. The van der Waals surface area contributed by atoms with E-state index in [0.29, 0.717) is 5.54 Å². The van der Waals surface area contributed by atoms with Gasteiger partial charge in [-0.1, -0.05) is 13.3 Å². The summed E-state index contributed by atoms with van der Waals surface area (Å²) in [7, 11) is 2.33. The van der Waals surface area contributed by atoms with Crippen LogP contribution in [0.15, 0.2) is 0 Å². The van der Waals surface area contributed by atoms with Gasteiger partial charge in [-0.3, -0.25) is 9.80 Å². The molecule has 2 bridgehead atoms. The summed E-state index contributed by atoms with van der Waals surface area (Å²) in [5, 5.41) is 0. The average Bonchev–Trinajstić information content (AvgIpc) is 2.82. The molecule has 2 N–H and O–H groups in total. The van der Waals surface area contributed by atoms with E-state index in [1.807, 2.05) is 0 Å². The van der Waals surface area contributed by atoms with E-state index in [1.165, 1.54) is 51.6 Å². The van der Waals surface area contributed by atoms with Crippen LogP contribution in [0.2, 0.25) is 0 Å². The number of likely N-dealkylation sites (N-methyl/N-ethyl adjacent to an activating group) is 1. The molecule has 1 saturated carbocycles. The van der Waals surface area contributed by atoms with Gasteiger partial charge in [-0.25, -0.2) is 0 Å². The third-order valence-corrected chi connectivity index (χ3v) is 6.30. The maximum Gasteiger partial charge on any atom is 0.0357 e. The van der Waals surface area contributed by atoms with Gasteiger partial charge in [0.2, 0.25) is 0 Å². The van der Waals surface area contributed by atoms with Crippen molar-refractivity contribution in [2.45, 2.75) is 63.1 Å². The molecule has 18 heavy (non-hydrogen) atoms. The fraction of sp³-hybridized carbons (Fsp3) is 1.00. The molecular formula is C15H29N3. The van der Waals surface area contributed by atoms with Crippen LogP contribution in [0.25, 0.3) is 0 Å². The fourth-order valence-corrected chi connectivity index (χ4v) is 4.84. The second kappa shape index (κ2) is 4.77. The van der Waals surface area contributed by atoms with E-state index in [9.17, 15) is 0 Å². The van der Waals surface area contributed by atoms with Crippen LogP contribution < -0.4 is 5.73 Å². The smallest absolute Gasteiger partial charge is 0.0357 e. The molecule has 4 atom stereocenters. The Morgan fingerprint density at radius 1 is 1.17 bits per heavy atom. The Morgan fingerprint density at radius 2 is 1.94 bits per heavy atom. The summed E-state index contributed by atoms with van der Waals surface area (Å²) in [6, 6.07) is 1.63. The number of hydrogen-bond donors (Lipinski definition) is 1. The van der Waals surface area contributed by atoms with Crippen LogP contribution in [0.3, 0.4) is 0 Å². The van der Waals surface area contributed by atoms with Gasteiger partial charge in [0.05, 0.1) is 0 Å². The van der Waals surface area contributed by atoms with Gasteiger partial charge in [-0.2, -0.15) is 0 Å². The first-order valence-electron chi connectivity index (χ1n) is 7.84. The molecule has 1 aliphatic carbocycles. The lowest BCUT2D eigenvalue weighted by Crippen LogP contribution is -2.57. The summed E-state index contributed by atoms with van der Waals surface area (Å²) in [5.74, 6) is 0.782. The first-order valence-corrected chi connectivity index (χ1v) is 7.84. The number of rotatable bonds is 2. The Morgan fingerprint density at radius 3 is 2.61 bits per heavy atom. The molecule has 3 rings (SSSR count). The van der Waals surface area contributed by atoms with E-state index in [1.54, 1.807) is 0 Å². The summed E-state index contributed by atoms with van der Waals surface area (Å²) in [4.78, 5) is 5.43. The summed E-state index contributed by atoms with van der Waals surface area (Å²) in [6.45, 7) is 5.81. The van der Waals surface area contributed by atoms with Gasteiger partial charge in [0.25, 0.3) is 0 Å². The zero-order valence-electron chi connectivity index (χ0n) is 12.1. The van der Waals surface area contributed by atoms with E-state index in [0.717, 1.165) is 24.5 Å². The van der Waals surface area contributed by atoms with Crippen LogP contribution in [-0.4, -0.2) is 54.1 Å². The molecule has 2 saturated heterocycles. The van der Waals surface area contributed by atoms with Gasteiger partial charge in [0.15, 0.2) is 0 Å². The highest BCUT2D eigenvalue weighted by atomic mass is 15.3. The molecule has 3 aliphatic rings. The molecule has 3 heteroatoms. The molecule has 0 spiro atoms. The van der Waals surface area contributed by atoms with Crippen molar-refractivity contribution in [3.63, 3.8) is 0 Å². The predicted molar refractivity (Wildman–Crippen MR) is 75.6 cm³/mol. The number of nitrogens with zero attached hydrogens (tertiary/aromatic N) is 2. The maximum atomic E-state index is 6.22. The Labute approximate surface area is 112 Å². The molecule has 0 amide bonds. The number of nitrogens with two attached hydrogens (primary N) is 1. The van der Waals surface area contributed by atoms with Crippen LogP contribution in [0, 0.1) is 5.92 Å². The molecule has 2 aliphatic heterocycles. The van der Waals surface area contributed by atoms with Crippen LogP contribution in [-0.2, 0) is 0 Å². The molecule has 0 aromatic carbocycles. The van der Waals surface area contributed by atoms with Crippen LogP contribution >= 0.6 is 0 Å². The van der Waals surface area contributed by atoms with Crippen molar-refractivity contribution in [2.75, 3.05) is 26.7 Å². The Hall–Kier alpha value is -0.120. The van der Waals surface area contributed by atoms with E-state index < -0.39 is 0 Å². The average molecular weight is 251 g/mol. The standard InChI is InChI=1S/C15H29N3/c1-12-4-3-8-15(12,11-16)18-9-7-13-5-6-14(10-18)17(13)2/h12-14H,3-11,16H2,1-2H3. The second-order valence-electron chi connectivity index (χ2n) is 6.89. The van der Waals surface area contributed by atoms with E-state index in [2.05, 4.69) is 23.8 Å². The van der Waals surface area contributed by atoms with E-state index >= 15 is 0 Å². The van der Waals surface area contributed by atoms with Crippen molar-refractivity contribution >= 4 is 0 Å². The van der Waals surface area contributed by atoms with E-state index in [-0.39, 0.29) is 0 Å². The van der Waals surface area contributed by atoms with Gasteiger partial charge in [0, 0.05) is 37.3 Å². The summed E-state index contributed by atoms with van der Waals surface area (Å²) < 4.78 is 0. The second-order valence-corrected chi connectivity index (χ2v) is 6.89. The lowest BCUT2D eigenvalue weighted by Gasteiger charge is -2.45. The molecule has 0 radical (unpaired) electrons. The fourth-order valence-electron chi connectivity index (χ4n) is 4.84. The lowest BCUT2D eigenvalue weighted by atomic mass is 9.85.